The molecule has 0 aliphatic heterocycles. The first-order chi connectivity index (χ1) is 9.25. The Kier molecular flexibility index (Phi) is 5.16. The molecule has 2 aromatic rings. The average molecular weight is 258 g/mol. The predicted octanol–water partition coefficient (Wildman–Crippen LogP) is 3.21. The lowest BCUT2D eigenvalue weighted by atomic mass is 10.1. The number of hydrogen-bond acceptors (Lipinski definition) is 3. The molecular weight excluding hydrogens is 236 g/mol. The van der Waals surface area contributed by atoms with Crippen molar-refractivity contribution >= 4 is 0 Å². The van der Waals surface area contributed by atoms with Crippen LogP contribution in [-0.4, -0.2) is 11.5 Å². The fraction of sp³-hybridized carbons (Fsp3) is 0.438. The second-order valence-corrected chi connectivity index (χ2v) is 5.23. The van der Waals surface area contributed by atoms with Crippen LogP contribution in [0.1, 0.15) is 30.9 Å². The van der Waals surface area contributed by atoms with Gasteiger partial charge < -0.3 is 9.73 Å². The van der Waals surface area contributed by atoms with Crippen molar-refractivity contribution in [2.45, 2.75) is 33.2 Å². The monoisotopic (exact) mass is 258 g/mol. The third-order valence-electron chi connectivity index (χ3n) is 3.05. The summed E-state index contributed by atoms with van der Waals surface area (Å²) in [5.41, 5.74) is 2.37. The van der Waals surface area contributed by atoms with Crippen LogP contribution in [0.15, 0.2) is 41.1 Å². The van der Waals surface area contributed by atoms with Crippen LogP contribution in [-0.2, 0) is 19.4 Å². The van der Waals surface area contributed by atoms with Crippen LogP contribution in [0, 0.1) is 5.92 Å². The van der Waals surface area contributed by atoms with E-state index in [0.717, 1.165) is 37.4 Å². The average Bonchev–Trinajstić information content (AvgIpc) is 2.85. The maximum atomic E-state index is 5.49. The van der Waals surface area contributed by atoms with Gasteiger partial charge in [-0.3, -0.25) is 0 Å². The first-order valence-electron chi connectivity index (χ1n) is 6.91. The smallest absolute Gasteiger partial charge is 0.181 e. The summed E-state index contributed by atoms with van der Waals surface area (Å²) in [6.45, 7) is 6.20. The molecule has 3 nitrogen and oxygen atoms in total. The van der Waals surface area contributed by atoms with Crippen LogP contribution in [0.5, 0.6) is 0 Å². The van der Waals surface area contributed by atoms with E-state index >= 15 is 0 Å². The zero-order valence-electron chi connectivity index (χ0n) is 11.7. The van der Waals surface area contributed by atoms with Crippen molar-refractivity contribution in [3.05, 3.63) is 53.7 Å². The van der Waals surface area contributed by atoms with E-state index in [-0.39, 0.29) is 0 Å². The van der Waals surface area contributed by atoms with E-state index in [2.05, 4.69) is 48.4 Å². The van der Waals surface area contributed by atoms with Crippen molar-refractivity contribution < 1.29 is 4.42 Å². The highest BCUT2D eigenvalue weighted by atomic mass is 16.3. The summed E-state index contributed by atoms with van der Waals surface area (Å²) in [6.07, 6.45) is 3.45. The SMILES string of the molecule is CC(C)CNCc1ncoc1CCc1ccccc1. The maximum Gasteiger partial charge on any atom is 0.181 e. The van der Waals surface area contributed by atoms with Gasteiger partial charge in [-0.25, -0.2) is 4.98 Å². The maximum absolute atomic E-state index is 5.49. The Morgan fingerprint density at radius 2 is 1.95 bits per heavy atom. The van der Waals surface area contributed by atoms with Crippen LogP contribution < -0.4 is 5.32 Å². The molecule has 0 saturated carbocycles. The van der Waals surface area contributed by atoms with Gasteiger partial charge in [0.25, 0.3) is 0 Å². The summed E-state index contributed by atoms with van der Waals surface area (Å²) in [4.78, 5) is 4.30. The molecule has 1 aromatic heterocycles. The second kappa shape index (κ2) is 7.10. The summed E-state index contributed by atoms with van der Waals surface area (Å²) in [6, 6.07) is 10.5. The van der Waals surface area contributed by atoms with E-state index in [4.69, 9.17) is 4.42 Å². The van der Waals surface area contributed by atoms with Crippen molar-refractivity contribution in [1.29, 1.82) is 0 Å². The quantitative estimate of drug-likeness (QED) is 0.828. The minimum absolute atomic E-state index is 0.652. The Labute approximate surface area is 115 Å². The van der Waals surface area contributed by atoms with Crippen molar-refractivity contribution in [3.8, 4) is 0 Å². The number of aryl methyl sites for hydroxylation is 2. The van der Waals surface area contributed by atoms with Gasteiger partial charge in [-0.1, -0.05) is 44.2 Å². The fourth-order valence-electron chi connectivity index (χ4n) is 2.02. The highest BCUT2D eigenvalue weighted by molar-refractivity contribution is 5.17. The van der Waals surface area contributed by atoms with E-state index in [0.29, 0.717) is 5.92 Å². The highest BCUT2D eigenvalue weighted by Gasteiger charge is 2.08. The Bertz CT molecular complexity index is 477. The molecule has 1 aromatic carbocycles. The van der Waals surface area contributed by atoms with Gasteiger partial charge in [0.05, 0.1) is 5.69 Å². The molecule has 0 unspecified atom stereocenters. The molecule has 0 fully saturated rings. The number of aromatic nitrogens is 1. The molecule has 0 atom stereocenters. The summed E-state index contributed by atoms with van der Waals surface area (Å²) in [5, 5.41) is 3.40. The van der Waals surface area contributed by atoms with Crippen LogP contribution in [0.4, 0.5) is 0 Å². The van der Waals surface area contributed by atoms with E-state index in [9.17, 15) is 0 Å². The third-order valence-corrected chi connectivity index (χ3v) is 3.05. The zero-order valence-corrected chi connectivity index (χ0v) is 11.7. The lowest BCUT2D eigenvalue weighted by Gasteiger charge is -2.06. The highest BCUT2D eigenvalue weighted by Crippen LogP contribution is 2.11. The first-order valence-corrected chi connectivity index (χ1v) is 6.91. The molecule has 1 heterocycles. The molecule has 0 saturated heterocycles. The molecule has 19 heavy (non-hydrogen) atoms. The largest absolute Gasteiger partial charge is 0.448 e. The molecule has 0 spiro atoms. The van der Waals surface area contributed by atoms with Crippen molar-refractivity contribution in [1.82, 2.24) is 10.3 Å². The minimum Gasteiger partial charge on any atom is -0.448 e. The van der Waals surface area contributed by atoms with Crippen LogP contribution >= 0.6 is 0 Å². The molecule has 0 amide bonds. The molecule has 0 bridgehead atoms. The molecule has 2 rings (SSSR count). The summed E-state index contributed by atoms with van der Waals surface area (Å²) < 4.78 is 5.49. The van der Waals surface area contributed by atoms with Gasteiger partial charge >= 0.3 is 0 Å². The summed E-state index contributed by atoms with van der Waals surface area (Å²) >= 11 is 0. The molecule has 0 aliphatic carbocycles. The van der Waals surface area contributed by atoms with Crippen molar-refractivity contribution in [2.75, 3.05) is 6.54 Å². The standard InChI is InChI=1S/C16H22N2O/c1-13(2)10-17-11-15-16(19-12-18-15)9-8-14-6-4-3-5-7-14/h3-7,12-13,17H,8-11H2,1-2H3. The lowest BCUT2D eigenvalue weighted by molar-refractivity contribution is 0.493. The molecule has 0 radical (unpaired) electrons. The van der Waals surface area contributed by atoms with Gasteiger partial charge in [-0.05, 0) is 24.4 Å². The number of nitrogens with zero attached hydrogens (tertiary/aromatic N) is 1. The van der Waals surface area contributed by atoms with Gasteiger partial charge in [0.15, 0.2) is 6.39 Å². The Morgan fingerprint density at radius 1 is 1.16 bits per heavy atom. The lowest BCUT2D eigenvalue weighted by Crippen LogP contribution is -2.19. The van der Waals surface area contributed by atoms with Gasteiger partial charge in [-0.2, -0.15) is 0 Å². The topological polar surface area (TPSA) is 38.1 Å². The Hall–Kier alpha value is -1.61. The summed E-state index contributed by atoms with van der Waals surface area (Å²) in [5.74, 6) is 1.65. The third kappa shape index (κ3) is 4.52. The first kappa shape index (κ1) is 13.8. The number of benzene rings is 1. The van der Waals surface area contributed by atoms with Gasteiger partial charge in [0.1, 0.15) is 5.76 Å². The second-order valence-electron chi connectivity index (χ2n) is 5.23. The van der Waals surface area contributed by atoms with E-state index in [1.54, 1.807) is 6.39 Å². The molecule has 0 aliphatic rings. The number of hydrogen-bond donors (Lipinski definition) is 1. The Balaban J connectivity index is 1.85. The molecule has 102 valence electrons. The van der Waals surface area contributed by atoms with Crippen molar-refractivity contribution in [2.24, 2.45) is 5.92 Å². The van der Waals surface area contributed by atoms with Crippen molar-refractivity contribution in [3.63, 3.8) is 0 Å². The van der Waals surface area contributed by atoms with Crippen LogP contribution in [0.3, 0.4) is 0 Å². The van der Waals surface area contributed by atoms with Crippen LogP contribution in [0.2, 0.25) is 0 Å². The number of rotatable bonds is 7. The fourth-order valence-corrected chi connectivity index (χ4v) is 2.02. The van der Waals surface area contributed by atoms with Gasteiger partial charge in [0.2, 0.25) is 0 Å². The minimum atomic E-state index is 0.652. The molecular formula is C16H22N2O. The summed E-state index contributed by atoms with van der Waals surface area (Å²) in [7, 11) is 0. The zero-order chi connectivity index (χ0) is 13.5. The molecule has 3 heteroatoms. The van der Waals surface area contributed by atoms with E-state index in [1.165, 1.54) is 5.56 Å². The predicted molar refractivity (Wildman–Crippen MR) is 76.9 cm³/mol. The van der Waals surface area contributed by atoms with E-state index < -0.39 is 0 Å². The van der Waals surface area contributed by atoms with Gasteiger partial charge in [-0.15, -0.1) is 0 Å². The van der Waals surface area contributed by atoms with E-state index in [1.807, 2.05) is 6.07 Å². The normalized spacial score (nSPS) is 11.1. The number of nitrogens with one attached hydrogen (secondary N) is 1. The van der Waals surface area contributed by atoms with Gasteiger partial charge in [0, 0.05) is 13.0 Å². The Morgan fingerprint density at radius 3 is 2.68 bits per heavy atom. The van der Waals surface area contributed by atoms with Crippen LogP contribution in [0.25, 0.3) is 0 Å². The molecule has 1 N–H and O–H groups in total. The number of oxazole rings is 1.